The summed E-state index contributed by atoms with van der Waals surface area (Å²) in [4.78, 5) is 35.6. The molecule has 94 valence electrons. The predicted octanol–water partition coefficient (Wildman–Crippen LogP) is 2.02. The number of hydrogen-bond donors (Lipinski definition) is 1. The molecule has 1 heterocycles. The van der Waals surface area contributed by atoms with Crippen LogP contribution in [0.2, 0.25) is 0 Å². The molecule has 5 heteroatoms. The molecule has 4 nitrogen and oxygen atoms in total. The molecular weight excluding hydrogens is 252 g/mol. The summed E-state index contributed by atoms with van der Waals surface area (Å²) in [5.41, 5.74) is 0.432. The fourth-order valence-corrected chi connectivity index (χ4v) is 3.45. The van der Waals surface area contributed by atoms with Crippen molar-refractivity contribution >= 4 is 29.3 Å². The molecule has 1 aliphatic heterocycles. The molecule has 18 heavy (non-hydrogen) atoms. The first-order valence-electron chi connectivity index (χ1n) is 5.44. The zero-order valence-corrected chi connectivity index (χ0v) is 10.8. The highest BCUT2D eigenvalue weighted by Gasteiger charge is 2.48. The number of rotatable bonds is 2. The topological polar surface area (TPSA) is 71.4 Å². The molecule has 0 aliphatic carbocycles. The van der Waals surface area contributed by atoms with Gasteiger partial charge in [-0.1, -0.05) is 18.2 Å². The van der Waals surface area contributed by atoms with Gasteiger partial charge in [0.05, 0.1) is 0 Å². The number of ketones is 2. The zero-order chi connectivity index (χ0) is 13.5. The van der Waals surface area contributed by atoms with E-state index in [-0.39, 0.29) is 0 Å². The highest BCUT2D eigenvalue weighted by Crippen LogP contribution is 2.46. The molecule has 1 atom stereocenters. The molecule has 1 aromatic carbocycles. The number of carboxylic acids is 1. The van der Waals surface area contributed by atoms with Gasteiger partial charge in [0, 0.05) is 15.2 Å². The van der Waals surface area contributed by atoms with Gasteiger partial charge in [0.1, 0.15) is 5.92 Å². The number of thioether (sulfide) groups is 1. The first kappa shape index (κ1) is 12.8. The van der Waals surface area contributed by atoms with Crippen molar-refractivity contribution in [3.63, 3.8) is 0 Å². The molecule has 1 aliphatic rings. The summed E-state index contributed by atoms with van der Waals surface area (Å²) in [7, 11) is 0. The molecule has 0 saturated carbocycles. The zero-order valence-electron chi connectivity index (χ0n) is 9.97. The Balaban J connectivity index is 2.53. The third-order valence-electron chi connectivity index (χ3n) is 2.96. The summed E-state index contributed by atoms with van der Waals surface area (Å²) in [6.07, 6.45) is 0. The summed E-state index contributed by atoms with van der Waals surface area (Å²) < 4.78 is -0.749. The van der Waals surface area contributed by atoms with Crippen LogP contribution in [0.25, 0.3) is 0 Å². The number of carbonyl (C=O) groups is 3. The van der Waals surface area contributed by atoms with Crippen LogP contribution in [-0.4, -0.2) is 27.4 Å². The normalized spacial score (nSPS) is 21.2. The van der Waals surface area contributed by atoms with Gasteiger partial charge >= 0.3 is 5.97 Å². The van der Waals surface area contributed by atoms with Crippen LogP contribution in [-0.2, 0) is 9.59 Å². The number of fused-ring (bicyclic) bond motifs is 1. The minimum atomic E-state index is -1.55. The second kappa shape index (κ2) is 4.24. The summed E-state index contributed by atoms with van der Waals surface area (Å²) >= 11 is 1.37. The molecular formula is C13H12O4S. The standard InChI is InChI=1S/C13H12O4S/c1-13(2)9(11(15)12(16)17)10(14)7-5-3-4-6-8(7)18-13/h3-6,9H,1-2H3,(H,16,17). The molecule has 1 N–H and O–H groups in total. The molecule has 2 rings (SSSR count). The highest BCUT2D eigenvalue weighted by molar-refractivity contribution is 8.01. The average Bonchev–Trinajstić information content (AvgIpc) is 2.27. The van der Waals surface area contributed by atoms with Crippen molar-refractivity contribution in [3.8, 4) is 0 Å². The maximum atomic E-state index is 12.3. The van der Waals surface area contributed by atoms with Gasteiger partial charge in [-0.15, -0.1) is 11.8 Å². The molecule has 1 aromatic rings. The van der Waals surface area contributed by atoms with Gasteiger partial charge in [0.15, 0.2) is 5.78 Å². The summed E-state index contributed by atoms with van der Waals surface area (Å²) in [5, 5.41) is 8.82. The van der Waals surface area contributed by atoms with Crippen LogP contribution in [0.5, 0.6) is 0 Å². The van der Waals surface area contributed by atoms with E-state index in [0.717, 1.165) is 4.90 Å². The van der Waals surface area contributed by atoms with E-state index >= 15 is 0 Å². The lowest BCUT2D eigenvalue weighted by atomic mass is 9.83. The Hall–Kier alpha value is -1.62. The third kappa shape index (κ3) is 1.95. The van der Waals surface area contributed by atoms with E-state index in [9.17, 15) is 14.4 Å². The van der Waals surface area contributed by atoms with Crippen molar-refractivity contribution in [2.45, 2.75) is 23.5 Å². The van der Waals surface area contributed by atoms with Crippen LogP contribution in [0, 0.1) is 5.92 Å². The van der Waals surface area contributed by atoms with Crippen molar-refractivity contribution < 1.29 is 19.5 Å². The molecule has 0 amide bonds. The number of Topliss-reactive ketones (excluding diaryl/α,β-unsaturated/α-hetero) is 2. The Labute approximate surface area is 108 Å². The Morgan fingerprint density at radius 3 is 2.50 bits per heavy atom. The van der Waals surface area contributed by atoms with E-state index in [4.69, 9.17) is 5.11 Å². The SMILES string of the molecule is CC1(C)Sc2ccccc2C(=O)C1C(=O)C(=O)O. The Kier molecular flexibility index (Phi) is 3.02. The van der Waals surface area contributed by atoms with Crippen molar-refractivity contribution in [3.05, 3.63) is 29.8 Å². The van der Waals surface area contributed by atoms with E-state index in [1.807, 2.05) is 6.07 Å². The van der Waals surface area contributed by atoms with Crippen molar-refractivity contribution in [1.82, 2.24) is 0 Å². The first-order valence-corrected chi connectivity index (χ1v) is 6.25. The summed E-state index contributed by atoms with van der Waals surface area (Å²) in [6.45, 7) is 3.44. The molecule has 0 bridgehead atoms. The van der Waals surface area contributed by atoms with Gasteiger partial charge in [0.25, 0.3) is 5.78 Å². The maximum Gasteiger partial charge on any atom is 0.373 e. The summed E-state index contributed by atoms with van der Waals surface area (Å²) in [5.74, 6) is -4.12. The van der Waals surface area contributed by atoms with Crippen molar-refractivity contribution in [2.75, 3.05) is 0 Å². The van der Waals surface area contributed by atoms with E-state index in [1.165, 1.54) is 11.8 Å². The molecule has 1 unspecified atom stereocenters. The molecule has 0 fully saturated rings. The monoisotopic (exact) mass is 264 g/mol. The van der Waals surface area contributed by atoms with Gasteiger partial charge in [-0.05, 0) is 19.9 Å². The largest absolute Gasteiger partial charge is 0.475 e. The fourth-order valence-electron chi connectivity index (χ4n) is 2.13. The van der Waals surface area contributed by atoms with Crippen molar-refractivity contribution in [1.29, 1.82) is 0 Å². The number of aliphatic carboxylic acids is 1. The van der Waals surface area contributed by atoms with E-state index in [0.29, 0.717) is 5.56 Å². The Bertz CT molecular complexity index is 548. The molecule has 0 radical (unpaired) electrons. The fraction of sp³-hybridized carbons (Fsp3) is 0.308. The minimum absolute atomic E-state index is 0.401. The van der Waals surface area contributed by atoms with E-state index in [2.05, 4.69) is 0 Å². The van der Waals surface area contributed by atoms with Crippen LogP contribution in [0.3, 0.4) is 0 Å². The first-order chi connectivity index (χ1) is 8.34. The van der Waals surface area contributed by atoms with Crippen LogP contribution in [0.15, 0.2) is 29.2 Å². The van der Waals surface area contributed by atoms with Crippen LogP contribution in [0.1, 0.15) is 24.2 Å². The lowest BCUT2D eigenvalue weighted by molar-refractivity contribution is -0.150. The average molecular weight is 264 g/mol. The minimum Gasteiger partial charge on any atom is -0.475 e. The molecule has 0 spiro atoms. The van der Waals surface area contributed by atoms with E-state index in [1.54, 1.807) is 32.0 Å². The van der Waals surface area contributed by atoms with Crippen LogP contribution < -0.4 is 0 Å². The quantitative estimate of drug-likeness (QED) is 0.653. The van der Waals surface area contributed by atoms with Crippen LogP contribution in [0.4, 0.5) is 0 Å². The molecule has 0 saturated heterocycles. The second-order valence-electron chi connectivity index (χ2n) is 4.67. The van der Waals surface area contributed by atoms with Gasteiger partial charge in [-0.2, -0.15) is 0 Å². The second-order valence-corrected chi connectivity index (χ2v) is 6.36. The number of hydrogen-bond acceptors (Lipinski definition) is 4. The molecule has 0 aromatic heterocycles. The Morgan fingerprint density at radius 1 is 1.28 bits per heavy atom. The smallest absolute Gasteiger partial charge is 0.373 e. The van der Waals surface area contributed by atoms with E-state index < -0.39 is 28.2 Å². The maximum absolute atomic E-state index is 12.3. The van der Waals surface area contributed by atoms with Gasteiger partial charge in [-0.25, -0.2) is 4.79 Å². The number of carboxylic acid groups (broad SMARTS) is 1. The number of benzene rings is 1. The highest BCUT2D eigenvalue weighted by atomic mass is 32.2. The van der Waals surface area contributed by atoms with Crippen LogP contribution >= 0.6 is 11.8 Å². The number of carbonyl (C=O) groups excluding carboxylic acids is 2. The van der Waals surface area contributed by atoms with Gasteiger partial charge < -0.3 is 5.11 Å². The van der Waals surface area contributed by atoms with Crippen molar-refractivity contribution in [2.24, 2.45) is 5.92 Å². The van der Waals surface area contributed by atoms with Gasteiger partial charge in [0.2, 0.25) is 0 Å². The summed E-state index contributed by atoms with van der Waals surface area (Å²) in [6, 6.07) is 6.95. The third-order valence-corrected chi connectivity index (χ3v) is 4.29. The lowest BCUT2D eigenvalue weighted by Crippen LogP contribution is -2.45. The predicted molar refractivity (Wildman–Crippen MR) is 66.8 cm³/mol. The van der Waals surface area contributed by atoms with Gasteiger partial charge in [-0.3, -0.25) is 9.59 Å². The lowest BCUT2D eigenvalue weighted by Gasteiger charge is -2.35. The Morgan fingerprint density at radius 2 is 1.89 bits per heavy atom.